The standard InChI is InChI=1S/C19H30O8/c1-8-9-13(23-11(2)20)16-17(27-19(6,7)26-16)15(24-12(3)21)14-10-22-18(4,5)25-14/h8,13-17H,1,9-10H2,2-7H3/t13?,14-,15-,16-,17+/m1/s1. The van der Waals surface area contributed by atoms with E-state index in [4.69, 9.17) is 28.4 Å². The van der Waals surface area contributed by atoms with Crippen LogP contribution in [0.5, 0.6) is 0 Å². The topological polar surface area (TPSA) is 89.5 Å². The molecule has 2 heterocycles. The molecule has 0 N–H and O–H groups in total. The van der Waals surface area contributed by atoms with Gasteiger partial charge < -0.3 is 28.4 Å². The summed E-state index contributed by atoms with van der Waals surface area (Å²) in [6, 6.07) is 0. The molecule has 27 heavy (non-hydrogen) atoms. The molecular weight excluding hydrogens is 356 g/mol. The largest absolute Gasteiger partial charge is 0.459 e. The number of carbonyl (C=O) groups is 2. The molecule has 0 radical (unpaired) electrons. The Morgan fingerprint density at radius 3 is 2.11 bits per heavy atom. The molecule has 2 fully saturated rings. The first-order chi connectivity index (χ1) is 12.4. The van der Waals surface area contributed by atoms with E-state index in [0.717, 1.165) is 0 Å². The van der Waals surface area contributed by atoms with Crippen LogP contribution >= 0.6 is 0 Å². The van der Waals surface area contributed by atoms with Gasteiger partial charge >= 0.3 is 11.9 Å². The molecule has 1 unspecified atom stereocenters. The molecule has 2 aliphatic rings. The molecule has 2 rings (SSSR count). The van der Waals surface area contributed by atoms with Crippen molar-refractivity contribution in [2.45, 2.75) is 90.1 Å². The van der Waals surface area contributed by atoms with Crippen LogP contribution in [-0.2, 0) is 38.0 Å². The molecule has 2 saturated heterocycles. The molecule has 0 amide bonds. The average molecular weight is 386 g/mol. The highest BCUT2D eigenvalue weighted by atomic mass is 16.8. The van der Waals surface area contributed by atoms with Gasteiger partial charge in [0.25, 0.3) is 0 Å². The first kappa shape index (κ1) is 21.8. The number of hydrogen-bond donors (Lipinski definition) is 0. The molecule has 0 aliphatic carbocycles. The zero-order valence-corrected chi connectivity index (χ0v) is 16.9. The van der Waals surface area contributed by atoms with E-state index in [0.29, 0.717) is 6.42 Å². The minimum atomic E-state index is -0.956. The Kier molecular flexibility index (Phi) is 6.68. The Hall–Kier alpha value is -1.48. The van der Waals surface area contributed by atoms with Gasteiger partial charge in [-0.3, -0.25) is 9.59 Å². The van der Waals surface area contributed by atoms with Crippen LogP contribution in [0.3, 0.4) is 0 Å². The van der Waals surface area contributed by atoms with Crippen LogP contribution in [0.4, 0.5) is 0 Å². The lowest BCUT2D eigenvalue weighted by Crippen LogP contribution is -2.51. The van der Waals surface area contributed by atoms with Gasteiger partial charge in [-0.2, -0.15) is 0 Å². The van der Waals surface area contributed by atoms with Crippen molar-refractivity contribution in [1.82, 2.24) is 0 Å². The molecule has 8 nitrogen and oxygen atoms in total. The minimum Gasteiger partial charge on any atom is -0.459 e. The van der Waals surface area contributed by atoms with Crippen molar-refractivity contribution in [3.63, 3.8) is 0 Å². The summed E-state index contributed by atoms with van der Waals surface area (Å²) in [6.45, 7) is 13.7. The van der Waals surface area contributed by atoms with Crippen molar-refractivity contribution < 1.29 is 38.0 Å². The summed E-state index contributed by atoms with van der Waals surface area (Å²) in [7, 11) is 0. The molecule has 0 bridgehead atoms. The van der Waals surface area contributed by atoms with Crippen LogP contribution in [0.15, 0.2) is 12.7 Å². The van der Waals surface area contributed by atoms with Gasteiger partial charge in [0.1, 0.15) is 24.4 Å². The van der Waals surface area contributed by atoms with Crippen LogP contribution in [0.25, 0.3) is 0 Å². The number of esters is 2. The van der Waals surface area contributed by atoms with Gasteiger partial charge in [-0.05, 0) is 27.7 Å². The fourth-order valence-corrected chi connectivity index (χ4v) is 3.41. The van der Waals surface area contributed by atoms with E-state index < -0.39 is 54.0 Å². The van der Waals surface area contributed by atoms with Crippen molar-refractivity contribution in [3.8, 4) is 0 Å². The maximum Gasteiger partial charge on any atom is 0.303 e. The zero-order chi connectivity index (χ0) is 20.4. The third-order valence-electron chi connectivity index (χ3n) is 4.27. The Morgan fingerprint density at radius 2 is 1.63 bits per heavy atom. The third-order valence-corrected chi connectivity index (χ3v) is 4.27. The van der Waals surface area contributed by atoms with E-state index in [1.807, 2.05) is 0 Å². The van der Waals surface area contributed by atoms with Crippen LogP contribution in [0.1, 0.15) is 48.0 Å². The first-order valence-corrected chi connectivity index (χ1v) is 9.07. The Balaban J connectivity index is 2.32. The highest BCUT2D eigenvalue weighted by molar-refractivity contribution is 5.66. The molecule has 0 aromatic carbocycles. The van der Waals surface area contributed by atoms with Gasteiger partial charge in [-0.1, -0.05) is 6.08 Å². The third kappa shape index (κ3) is 5.75. The van der Waals surface area contributed by atoms with Gasteiger partial charge in [0.15, 0.2) is 17.7 Å². The maximum absolute atomic E-state index is 11.8. The Bertz CT molecular complexity index is 570. The summed E-state index contributed by atoms with van der Waals surface area (Å²) < 4.78 is 34.6. The van der Waals surface area contributed by atoms with E-state index in [1.165, 1.54) is 13.8 Å². The van der Waals surface area contributed by atoms with E-state index >= 15 is 0 Å². The molecule has 8 heteroatoms. The second-order valence-electron chi connectivity index (χ2n) is 7.68. The smallest absolute Gasteiger partial charge is 0.303 e. The summed E-state index contributed by atoms with van der Waals surface area (Å²) in [6.07, 6.45) is -1.36. The lowest BCUT2D eigenvalue weighted by Gasteiger charge is -2.32. The van der Waals surface area contributed by atoms with Crippen molar-refractivity contribution in [3.05, 3.63) is 12.7 Å². The van der Waals surface area contributed by atoms with E-state index in [1.54, 1.807) is 33.8 Å². The zero-order valence-electron chi connectivity index (χ0n) is 16.9. The van der Waals surface area contributed by atoms with E-state index in [2.05, 4.69) is 6.58 Å². The van der Waals surface area contributed by atoms with Crippen molar-refractivity contribution in [1.29, 1.82) is 0 Å². The maximum atomic E-state index is 11.8. The molecule has 0 spiro atoms. The van der Waals surface area contributed by atoms with Gasteiger partial charge in [-0.25, -0.2) is 0 Å². The number of rotatable bonds is 7. The molecule has 154 valence electrons. The summed E-state index contributed by atoms with van der Waals surface area (Å²) in [5.41, 5.74) is 0. The van der Waals surface area contributed by atoms with E-state index in [9.17, 15) is 9.59 Å². The summed E-state index contributed by atoms with van der Waals surface area (Å²) >= 11 is 0. The Labute approximate surface area is 160 Å². The fourth-order valence-electron chi connectivity index (χ4n) is 3.41. The van der Waals surface area contributed by atoms with Gasteiger partial charge in [-0.15, -0.1) is 6.58 Å². The molecule has 0 aromatic rings. The number of carbonyl (C=O) groups excluding carboxylic acids is 2. The monoisotopic (exact) mass is 386 g/mol. The van der Waals surface area contributed by atoms with Gasteiger partial charge in [0.2, 0.25) is 0 Å². The predicted octanol–water partition coefficient (Wildman–Crippen LogP) is 2.10. The van der Waals surface area contributed by atoms with Crippen molar-refractivity contribution >= 4 is 11.9 Å². The number of ether oxygens (including phenoxy) is 6. The van der Waals surface area contributed by atoms with Gasteiger partial charge in [0.05, 0.1) is 6.61 Å². The molecule has 2 aliphatic heterocycles. The lowest BCUT2D eigenvalue weighted by atomic mass is 9.97. The lowest BCUT2D eigenvalue weighted by molar-refractivity contribution is -0.193. The molecule has 5 atom stereocenters. The van der Waals surface area contributed by atoms with Crippen LogP contribution < -0.4 is 0 Å². The van der Waals surface area contributed by atoms with Crippen LogP contribution in [-0.4, -0.2) is 60.6 Å². The predicted molar refractivity (Wildman–Crippen MR) is 94.7 cm³/mol. The summed E-state index contributed by atoms with van der Waals surface area (Å²) in [4.78, 5) is 23.3. The fraction of sp³-hybridized carbons (Fsp3) is 0.789. The molecule has 0 aromatic heterocycles. The normalized spacial score (nSPS) is 31.1. The molecule has 0 saturated carbocycles. The summed E-state index contributed by atoms with van der Waals surface area (Å²) in [5, 5.41) is 0. The van der Waals surface area contributed by atoms with Crippen molar-refractivity contribution in [2.24, 2.45) is 0 Å². The van der Waals surface area contributed by atoms with Crippen molar-refractivity contribution in [2.75, 3.05) is 6.61 Å². The molecular formula is C19H30O8. The second-order valence-corrected chi connectivity index (χ2v) is 7.68. The van der Waals surface area contributed by atoms with Crippen LogP contribution in [0.2, 0.25) is 0 Å². The SMILES string of the molecule is C=CCC(OC(C)=O)[C@H]1OC(C)(C)O[C@H]1[C@H](OC(C)=O)[C@H]1COC(C)(C)O1. The van der Waals surface area contributed by atoms with Crippen LogP contribution in [0, 0.1) is 0 Å². The summed E-state index contributed by atoms with van der Waals surface area (Å²) in [5.74, 6) is -2.68. The number of hydrogen-bond acceptors (Lipinski definition) is 8. The quantitative estimate of drug-likeness (QED) is 0.485. The minimum absolute atomic E-state index is 0.234. The average Bonchev–Trinajstić information content (AvgIpc) is 3.03. The highest BCUT2D eigenvalue weighted by Crippen LogP contribution is 2.38. The second kappa shape index (κ2) is 8.26. The highest BCUT2D eigenvalue weighted by Gasteiger charge is 2.54. The first-order valence-electron chi connectivity index (χ1n) is 9.07. The van der Waals surface area contributed by atoms with Gasteiger partial charge in [0, 0.05) is 20.3 Å². The Morgan fingerprint density at radius 1 is 1.04 bits per heavy atom. The van der Waals surface area contributed by atoms with E-state index in [-0.39, 0.29) is 6.61 Å².